The second kappa shape index (κ2) is 13.1. The maximum absolute atomic E-state index is 6.79. The van der Waals surface area contributed by atoms with Gasteiger partial charge in [-0.1, -0.05) is 145 Å². The third-order valence-electron chi connectivity index (χ3n) is 5.78. The largest absolute Gasteiger partial charge is 0.365 e. The summed E-state index contributed by atoms with van der Waals surface area (Å²) >= 11 is 12.7. The Balaban J connectivity index is 1.56. The Morgan fingerprint density at radius 1 is 0.514 bits per heavy atom. The van der Waals surface area contributed by atoms with E-state index in [4.69, 9.17) is 27.9 Å². The maximum atomic E-state index is 6.79. The summed E-state index contributed by atoms with van der Waals surface area (Å²) in [4.78, 5) is 0. The summed E-state index contributed by atoms with van der Waals surface area (Å²) in [7, 11) is 0. The molecule has 0 saturated heterocycles. The Labute approximate surface area is 218 Å². The summed E-state index contributed by atoms with van der Waals surface area (Å²) in [5, 5.41) is 1.49. The van der Waals surface area contributed by atoms with E-state index in [9.17, 15) is 0 Å². The smallest absolute Gasteiger partial charge is 0.0867 e. The van der Waals surface area contributed by atoms with Gasteiger partial charge < -0.3 is 4.74 Å². The van der Waals surface area contributed by atoms with Crippen LogP contribution in [-0.2, 0) is 4.74 Å². The van der Waals surface area contributed by atoms with E-state index in [2.05, 4.69) is 72.8 Å². The van der Waals surface area contributed by atoms with Crippen LogP contribution in [0.25, 0.3) is 12.2 Å². The summed E-state index contributed by atoms with van der Waals surface area (Å²) < 4.78 is 6.79. The maximum Gasteiger partial charge on any atom is 0.0867 e. The average Bonchev–Trinajstić information content (AvgIpc) is 2.90. The fourth-order valence-corrected chi connectivity index (χ4v) is 4.33. The molecule has 2 unspecified atom stereocenters. The van der Waals surface area contributed by atoms with Crippen molar-refractivity contribution in [3.05, 3.63) is 154 Å². The lowest BCUT2D eigenvalue weighted by Crippen LogP contribution is -2.10. The fraction of sp³-hybridized carbons (Fsp3) is 0.125. The summed E-state index contributed by atoms with van der Waals surface area (Å²) in [5.74, 6) is 0. The molecule has 0 fully saturated rings. The lowest BCUT2D eigenvalue weighted by atomic mass is 10.0. The molecule has 0 saturated carbocycles. The van der Waals surface area contributed by atoms with E-state index in [1.54, 1.807) is 0 Å². The Bertz CT molecular complexity index is 1150. The van der Waals surface area contributed by atoms with Crippen LogP contribution in [0, 0.1) is 0 Å². The fourth-order valence-electron chi connectivity index (χ4n) is 3.93. The minimum Gasteiger partial charge on any atom is -0.365 e. The number of benzene rings is 4. The molecular formula is C32H28Cl2O. The predicted molar refractivity (Wildman–Crippen MR) is 150 cm³/mol. The number of hydrogen-bond donors (Lipinski definition) is 0. The van der Waals surface area contributed by atoms with Crippen LogP contribution in [-0.4, -0.2) is 0 Å². The van der Waals surface area contributed by atoms with Crippen LogP contribution in [0.15, 0.2) is 121 Å². The Kier molecular flexibility index (Phi) is 9.37. The standard InChI is InChI=1S/C32H28Cl2O/c33-29-21-9-7-13-25(29)19-11-23-31(27-15-3-1-4-16-27)35-32(28-17-5-2-6-18-28)24-12-20-26-14-8-10-22-30(26)34/h1-22,31-32H,23-24H2. The first-order valence-corrected chi connectivity index (χ1v) is 12.5. The van der Waals surface area contributed by atoms with Crippen LogP contribution in [0.1, 0.15) is 47.3 Å². The molecule has 0 aliphatic rings. The van der Waals surface area contributed by atoms with Crippen molar-refractivity contribution in [2.45, 2.75) is 25.0 Å². The van der Waals surface area contributed by atoms with Crippen LogP contribution in [0.5, 0.6) is 0 Å². The second-order valence-electron chi connectivity index (χ2n) is 8.25. The van der Waals surface area contributed by atoms with Crippen molar-refractivity contribution in [3.63, 3.8) is 0 Å². The van der Waals surface area contributed by atoms with Crippen molar-refractivity contribution in [2.24, 2.45) is 0 Å². The summed E-state index contributed by atoms with van der Waals surface area (Å²) in [5.41, 5.74) is 4.30. The highest BCUT2D eigenvalue weighted by Crippen LogP contribution is 2.33. The molecule has 3 heteroatoms. The molecule has 4 aromatic rings. The molecule has 4 rings (SSSR count). The first kappa shape index (κ1) is 25.0. The van der Waals surface area contributed by atoms with E-state index in [1.807, 2.05) is 60.7 Å². The SMILES string of the molecule is Clc1ccccc1C=CCC(OC(CC=Cc1ccccc1Cl)c1ccccc1)c1ccccc1. The Morgan fingerprint density at radius 2 is 0.886 bits per heavy atom. The quantitative estimate of drug-likeness (QED) is 0.211. The molecule has 176 valence electrons. The number of hydrogen-bond acceptors (Lipinski definition) is 1. The molecule has 2 atom stereocenters. The minimum absolute atomic E-state index is 0.103. The topological polar surface area (TPSA) is 9.23 Å². The molecule has 0 heterocycles. The van der Waals surface area contributed by atoms with Gasteiger partial charge in [0, 0.05) is 10.0 Å². The van der Waals surface area contributed by atoms with Gasteiger partial charge in [0.15, 0.2) is 0 Å². The molecule has 1 nitrogen and oxygen atoms in total. The minimum atomic E-state index is -0.103. The van der Waals surface area contributed by atoms with Crippen LogP contribution in [0.3, 0.4) is 0 Å². The van der Waals surface area contributed by atoms with Crippen molar-refractivity contribution in [1.82, 2.24) is 0 Å². The molecule has 0 aliphatic heterocycles. The van der Waals surface area contributed by atoms with Crippen LogP contribution in [0.2, 0.25) is 10.0 Å². The van der Waals surface area contributed by atoms with Crippen molar-refractivity contribution in [1.29, 1.82) is 0 Å². The third-order valence-corrected chi connectivity index (χ3v) is 6.47. The van der Waals surface area contributed by atoms with E-state index in [-0.39, 0.29) is 12.2 Å². The number of ether oxygens (including phenoxy) is 1. The highest BCUT2D eigenvalue weighted by atomic mass is 35.5. The molecule has 0 radical (unpaired) electrons. The molecule has 0 N–H and O–H groups in total. The zero-order valence-electron chi connectivity index (χ0n) is 19.4. The predicted octanol–water partition coefficient (Wildman–Crippen LogP) is 10.00. The monoisotopic (exact) mass is 498 g/mol. The first-order chi connectivity index (χ1) is 17.2. The lowest BCUT2D eigenvalue weighted by molar-refractivity contribution is -0.0119. The Morgan fingerprint density at radius 3 is 1.29 bits per heavy atom. The van der Waals surface area contributed by atoms with E-state index >= 15 is 0 Å². The van der Waals surface area contributed by atoms with Gasteiger partial charge >= 0.3 is 0 Å². The van der Waals surface area contributed by atoms with Crippen LogP contribution in [0.4, 0.5) is 0 Å². The first-order valence-electron chi connectivity index (χ1n) is 11.8. The lowest BCUT2D eigenvalue weighted by Gasteiger charge is -2.24. The summed E-state index contributed by atoms with van der Waals surface area (Å²) in [6, 6.07) is 36.5. The van der Waals surface area contributed by atoms with Gasteiger partial charge in [0.2, 0.25) is 0 Å². The Hall–Kier alpha value is -3.10. The van der Waals surface area contributed by atoms with E-state index in [1.165, 1.54) is 0 Å². The van der Waals surface area contributed by atoms with E-state index in [0.29, 0.717) is 0 Å². The molecule has 35 heavy (non-hydrogen) atoms. The van der Waals surface area contributed by atoms with Gasteiger partial charge in [-0.25, -0.2) is 0 Å². The van der Waals surface area contributed by atoms with Gasteiger partial charge in [0.25, 0.3) is 0 Å². The molecule has 0 amide bonds. The molecular weight excluding hydrogens is 471 g/mol. The average molecular weight is 499 g/mol. The van der Waals surface area contributed by atoms with Gasteiger partial charge in [-0.05, 0) is 47.2 Å². The molecule has 0 bridgehead atoms. The number of rotatable bonds is 10. The third kappa shape index (κ3) is 7.44. The van der Waals surface area contributed by atoms with Crippen molar-refractivity contribution >= 4 is 35.4 Å². The van der Waals surface area contributed by atoms with Crippen LogP contribution < -0.4 is 0 Å². The van der Waals surface area contributed by atoms with Crippen molar-refractivity contribution in [3.8, 4) is 0 Å². The van der Waals surface area contributed by atoms with Gasteiger partial charge in [0.1, 0.15) is 0 Å². The summed E-state index contributed by atoms with van der Waals surface area (Å²) in [6.45, 7) is 0. The summed E-state index contributed by atoms with van der Waals surface area (Å²) in [6.07, 6.45) is 9.66. The van der Waals surface area contributed by atoms with Crippen LogP contribution >= 0.6 is 23.2 Å². The zero-order valence-corrected chi connectivity index (χ0v) is 20.9. The van der Waals surface area contributed by atoms with Gasteiger partial charge in [0.05, 0.1) is 12.2 Å². The van der Waals surface area contributed by atoms with Gasteiger partial charge in [-0.15, -0.1) is 0 Å². The van der Waals surface area contributed by atoms with E-state index < -0.39 is 0 Å². The zero-order chi connectivity index (χ0) is 24.3. The molecule has 0 aliphatic carbocycles. The highest BCUT2D eigenvalue weighted by molar-refractivity contribution is 6.32. The normalized spacial score (nSPS) is 13.3. The van der Waals surface area contributed by atoms with E-state index in [0.717, 1.165) is 45.1 Å². The van der Waals surface area contributed by atoms with Gasteiger partial charge in [-0.3, -0.25) is 0 Å². The van der Waals surface area contributed by atoms with Gasteiger partial charge in [-0.2, -0.15) is 0 Å². The molecule has 4 aromatic carbocycles. The highest BCUT2D eigenvalue weighted by Gasteiger charge is 2.18. The molecule has 0 spiro atoms. The number of halogens is 2. The second-order valence-corrected chi connectivity index (χ2v) is 9.07. The molecule has 0 aromatic heterocycles. The van der Waals surface area contributed by atoms with Crippen molar-refractivity contribution < 1.29 is 4.74 Å². The van der Waals surface area contributed by atoms with Crippen molar-refractivity contribution in [2.75, 3.05) is 0 Å².